The normalized spacial score (nSPS) is 15.4. The van der Waals surface area contributed by atoms with Gasteiger partial charge in [-0.05, 0) is 86.0 Å². The van der Waals surface area contributed by atoms with E-state index >= 15 is 0 Å². The maximum absolute atomic E-state index is 13.0. The molecule has 4 aromatic carbocycles. The van der Waals surface area contributed by atoms with Crippen LogP contribution in [0.3, 0.4) is 0 Å². The molecule has 1 saturated heterocycles. The van der Waals surface area contributed by atoms with Gasteiger partial charge in [-0.15, -0.1) is 0 Å². The molecule has 0 aromatic heterocycles. The van der Waals surface area contributed by atoms with Gasteiger partial charge in [0.25, 0.3) is 5.91 Å². The zero-order valence-electron chi connectivity index (χ0n) is 21.1. The van der Waals surface area contributed by atoms with Gasteiger partial charge in [0.05, 0.1) is 27.7 Å². The Bertz CT molecular complexity index is 1660. The first-order chi connectivity index (χ1) is 18.8. The standard InChI is InChI=1S/C30H23BrN2O5S/c1-33-28(34)26(39-30(33)32-22-11-6-9-20(16-22)29(35)36)15-18-13-24(31)27(25(14-18)37-2)38-17-21-10-5-8-19-7-3-4-12-23(19)21/h3-16H,17H2,1-2H3,(H,35,36). The summed E-state index contributed by atoms with van der Waals surface area (Å²) in [5.74, 6) is -0.153. The first-order valence-electron chi connectivity index (χ1n) is 11.9. The molecule has 1 aliphatic rings. The third-order valence-electron chi connectivity index (χ3n) is 6.12. The quantitative estimate of drug-likeness (QED) is 0.226. The van der Waals surface area contributed by atoms with Gasteiger partial charge < -0.3 is 14.6 Å². The van der Waals surface area contributed by atoms with Crippen LogP contribution in [-0.2, 0) is 11.4 Å². The van der Waals surface area contributed by atoms with Crippen molar-refractivity contribution in [3.8, 4) is 11.5 Å². The fraction of sp³-hybridized carbons (Fsp3) is 0.100. The van der Waals surface area contributed by atoms with Crippen LogP contribution < -0.4 is 9.47 Å². The minimum atomic E-state index is -1.04. The lowest BCUT2D eigenvalue weighted by Crippen LogP contribution is -2.23. The molecule has 0 unspecified atom stereocenters. The van der Waals surface area contributed by atoms with Gasteiger partial charge in [-0.3, -0.25) is 9.69 Å². The predicted octanol–water partition coefficient (Wildman–Crippen LogP) is 7.12. The monoisotopic (exact) mass is 602 g/mol. The number of amidine groups is 1. The number of aliphatic imine (C=N–C) groups is 1. The second-order valence-electron chi connectivity index (χ2n) is 8.69. The Hall–Kier alpha value is -4.08. The molecule has 0 bridgehead atoms. The number of nitrogens with zero attached hydrogens (tertiary/aromatic N) is 2. The lowest BCUT2D eigenvalue weighted by Gasteiger charge is -2.15. The van der Waals surface area contributed by atoms with Gasteiger partial charge in [0.15, 0.2) is 16.7 Å². The van der Waals surface area contributed by atoms with Crippen LogP contribution in [-0.4, -0.2) is 41.2 Å². The second kappa shape index (κ2) is 11.3. The minimum absolute atomic E-state index is 0.129. The van der Waals surface area contributed by atoms with E-state index in [1.807, 2.05) is 36.4 Å². The fourth-order valence-electron chi connectivity index (χ4n) is 4.15. The van der Waals surface area contributed by atoms with Crippen molar-refractivity contribution >= 4 is 67.3 Å². The fourth-order valence-corrected chi connectivity index (χ4v) is 5.71. The summed E-state index contributed by atoms with van der Waals surface area (Å²) < 4.78 is 12.5. The molecule has 1 amide bonds. The van der Waals surface area contributed by atoms with E-state index in [-0.39, 0.29) is 11.5 Å². The van der Waals surface area contributed by atoms with E-state index in [2.05, 4.69) is 39.1 Å². The number of amides is 1. The number of fused-ring (bicyclic) bond motifs is 1. The first kappa shape index (κ1) is 26.5. The summed E-state index contributed by atoms with van der Waals surface area (Å²) in [6.07, 6.45) is 1.77. The largest absolute Gasteiger partial charge is 0.493 e. The number of thioether (sulfide) groups is 1. The van der Waals surface area contributed by atoms with Gasteiger partial charge >= 0.3 is 5.97 Å². The number of hydrogen-bond donors (Lipinski definition) is 1. The van der Waals surface area contributed by atoms with Crippen LogP contribution >= 0.6 is 27.7 Å². The van der Waals surface area contributed by atoms with Crippen LogP contribution in [0.4, 0.5) is 5.69 Å². The average molecular weight is 603 g/mol. The van der Waals surface area contributed by atoms with Crippen LogP contribution in [0.2, 0.25) is 0 Å². The number of rotatable bonds is 7. The Kier molecular flexibility index (Phi) is 7.72. The van der Waals surface area contributed by atoms with Gasteiger partial charge in [-0.1, -0.05) is 48.5 Å². The van der Waals surface area contributed by atoms with Crippen LogP contribution in [0.5, 0.6) is 11.5 Å². The number of likely N-dealkylation sites (N-methyl/N-ethyl adjacent to an activating group) is 1. The first-order valence-corrected chi connectivity index (χ1v) is 13.5. The number of ether oxygens (including phenoxy) is 2. The van der Waals surface area contributed by atoms with Crippen LogP contribution in [0.15, 0.2) is 93.2 Å². The van der Waals surface area contributed by atoms with E-state index in [9.17, 15) is 14.7 Å². The molecule has 1 fully saturated rings. The van der Waals surface area contributed by atoms with Crippen molar-refractivity contribution in [1.29, 1.82) is 0 Å². The van der Waals surface area contributed by atoms with Crippen molar-refractivity contribution < 1.29 is 24.2 Å². The molecule has 0 saturated carbocycles. The summed E-state index contributed by atoms with van der Waals surface area (Å²) >= 11 is 4.82. The zero-order chi connectivity index (χ0) is 27.5. The number of benzene rings is 4. The topological polar surface area (TPSA) is 88.4 Å². The van der Waals surface area contributed by atoms with Crippen molar-refractivity contribution in [2.45, 2.75) is 6.61 Å². The van der Waals surface area contributed by atoms with Gasteiger partial charge in [0, 0.05) is 7.05 Å². The van der Waals surface area contributed by atoms with E-state index in [1.165, 1.54) is 28.8 Å². The second-order valence-corrected chi connectivity index (χ2v) is 10.5. The molecular weight excluding hydrogens is 580 g/mol. The number of carboxylic acids is 1. The highest BCUT2D eigenvalue weighted by Gasteiger charge is 2.30. The molecule has 4 aromatic rings. The van der Waals surface area contributed by atoms with Crippen molar-refractivity contribution in [3.05, 3.63) is 105 Å². The van der Waals surface area contributed by atoms with Gasteiger partial charge in [-0.2, -0.15) is 0 Å². The number of hydrogen-bond acceptors (Lipinski definition) is 6. The van der Waals surface area contributed by atoms with E-state index in [4.69, 9.17) is 9.47 Å². The van der Waals surface area contributed by atoms with Gasteiger partial charge in [0.1, 0.15) is 6.61 Å². The predicted molar refractivity (Wildman–Crippen MR) is 158 cm³/mol. The van der Waals surface area contributed by atoms with Gasteiger partial charge in [0.2, 0.25) is 0 Å². The molecule has 0 atom stereocenters. The molecule has 0 spiro atoms. The molecule has 196 valence electrons. The molecule has 5 rings (SSSR count). The lowest BCUT2D eigenvalue weighted by atomic mass is 10.1. The summed E-state index contributed by atoms with van der Waals surface area (Å²) in [5.41, 5.74) is 2.39. The van der Waals surface area contributed by atoms with Crippen LogP contribution in [0.1, 0.15) is 21.5 Å². The van der Waals surface area contributed by atoms with E-state index in [0.29, 0.717) is 38.3 Å². The summed E-state index contributed by atoms with van der Waals surface area (Å²) in [6, 6.07) is 24.2. The van der Waals surface area contributed by atoms with E-state index in [1.54, 1.807) is 32.4 Å². The summed E-state index contributed by atoms with van der Waals surface area (Å²) in [6.45, 7) is 0.360. The third kappa shape index (κ3) is 5.69. The maximum Gasteiger partial charge on any atom is 0.335 e. The molecule has 1 heterocycles. The highest BCUT2D eigenvalue weighted by Crippen LogP contribution is 2.40. The Balaban J connectivity index is 1.39. The third-order valence-corrected chi connectivity index (χ3v) is 7.77. The molecule has 0 radical (unpaired) electrons. The number of aromatic carboxylic acids is 1. The number of carbonyl (C=O) groups is 2. The molecule has 39 heavy (non-hydrogen) atoms. The maximum atomic E-state index is 13.0. The zero-order valence-corrected chi connectivity index (χ0v) is 23.5. The minimum Gasteiger partial charge on any atom is -0.493 e. The summed E-state index contributed by atoms with van der Waals surface area (Å²) in [4.78, 5) is 30.6. The Morgan fingerprint density at radius 1 is 1.08 bits per heavy atom. The van der Waals surface area contributed by atoms with E-state index < -0.39 is 5.97 Å². The highest BCUT2D eigenvalue weighted by atomic mass is 79.9. The summed E-state index contributed by atoms with van der Waals surface area (Å²) in [5, 5.41) is 12.0. The molecule has 7 nitrogen and oxygen atoms in total. The number of methoxy groups -OCH3 is 1. The Labute approximate surface area is 237 Å². The van der Waals surface area contributed by atoms with Crippen molar-refractivity contribution in [3.63, 3.8) is 0 Å². The molecule has 0 aliphatic carbocycles. The Morgan fingerprint density at radius 3 is 2.64 bits per heavy atom. The SMILES string of the molecule is COc1cc(C=C2SC(=Nc3cccc(C(=O)O)c3)N(C)C2=O)cc(Br)c1OCc1cccc2ccccc12. The molecule has 1 aliphatic heterocycles. The molecule has 9 heteroatoms. The molecule has 1 N–H and O–H groups in total. The molecular formula is C30H23BrN2O5S. The Morgan fingerprint density at radius 2 is 1.85 bits per heavy atom. The number of halogens is 1. The number of carbonyl (C=O) groups excluding carboxylic acids is 1. The average Bonchev–Trinajstić information content (AvgIpc) is 3.19. The van der Waals surface area contributed by atoms with Crippen molar-refractivity contribution in [2.24, 2.45) is 4.99 Å². The van der Waals surface area contributed by atoms with E-state index in [0.717, 1.165) is 21.9 Å². The van der Waals surface area contributed by atoms with Crippen molar-refractivity contribution in [2.75, 3.05) is 14.2 Å². The van der Waals surface area contributed by atoms with Crippen LogP contribution in [0.25, 0.3) is 16.8 Å². The van der Waals surface area contributed by atoms with Crippen LogP contribution in [0, 0.1) is 0 Å². The van der Waals surface area contributed by atoms with Crippen molar-refractivity contribution in [1.82, 2.24) is 4.90 Å². The smallest absolute Gasteiger partial charge is 0.335 e. The highest BCUT2D eigenvalue weighted by molar-refractivity contribution is 9.10. The van der Waals surface area contributed by atoms with Gasteiger partial charge in [-0.25, -0.2) is 9.79 Å². The lowest BCUT2D eigenvalue weighted by molar-refractivity contribution is -0.121. The summed E-state index contributed by atoms with van der Waals surface area (Å²) in [7, 11) is 3.21. The number of carboxylic acid groups (broad SMARTS) is 1.